The van der Waals surface area contributed by atoms with Crippen LogP contribution in [0.25, 0.3) is 11.3 Å². The number of nitrogens with zero attached hydrogens (tertiary/aromatic N) is 2. The molecule has 0 saturated carbocycles. The Morgan fingerprint density at radius 3 is 2.49 bits per heavy atom. The molecule has 4 aromatic rings. The number of phenolic OH excluding ortho intramolecular Hbond substituents is 1. The molecular formula is C32H33ClN3O6S+. The molecule has 1 aromatic heterocycles. The first-order valence-corrected chi connectivity index (χ1v) is 16.1. The minimum absolute atomic E-state index is 0.112. The van der Waals surface area contributed by atoms with Gasteiger partial charge in [-0.15, -0.1) is 0 Å². The van der Waals surface area contributed by atoms with E-state index in [4.69, 9.17) is 25.9 Å². The number of anilines is 1. The Kier molecular flexibility index (Phi) is 9.59. The van der Waals surface area contributed by atoms with Crippen molar-refractivity contribution >= 4 is 33.4 Å². The zero-order valence-electron chi connectivity index (χ0n) is 23.4. The number of halogens is 1. The number of aromatic nitrogens is 2. The Hall–Kier alpha value is -3.99. The molecule has 43 heavy (non-hydrogen) atoms. The van der Waals surface area contributed by atoms with E-state index in [1.54, 1.807) is 41.1 Å². The molecule has 1 unspecified atom stereocenters. The minimum Gasteiger partial charge on any atom is -0.508 e. The molecule has 1 aliphatic rings. The topological polar surface area (TPSA) is 130 Å². The van der Waals surface area contributed by atoms with Crippen molar-refractivity contribution in [2.45, 2.75) is 44.6 Å². The summed E-state index contributed by atoms with van der Waals surface area (Å²) < 4.78 is 37.8. The molecule has 0 spiro atoms. The van der Waals surface area contributed by atoms with Gasteiger partial charge < -0.3 is 9.84 Å². The summed E-state index contributed by atoms with van der Waals surface area (Å²) in [6.45, 7) is 0.429. The first-order chi connectivity index (χ1) is 20.7. The Morgan fingerprint density at radius 2 is 1.74 bits per heavy atom. The highest BCUT2D eigenvalue weighted by Crippen LogP contribution is 2.29. The van der Waals surface area contributed by atoms with Crippen molar-refractivity contribution in [1.29, 1.82) is 0 Å². The van der Waals surface area contributed by atoms with Gasteiger partial charge in [0.2, 0.25) is 0 Å². The molecular weight excluding hydrogens is 590 g/mol. The van der Waals surface area contributed by atoms with Gasteiger partial charge in [0.15, 0.2) is 6.04 Å². The summed E-state index contributed by atoms with van der Waals surface area (Å²) in [7, 11) is -3.91. The van der Waals surface area contributed by atoms with Crippen molar-refractivity contribution in [2.75, 3.05) is 17.7 Å². The summed E-state index contributed by atoms with van der Waals surface area (Å²) in [5.74, 6) is 0.963. The normalized spacial score (nSPS) is 14.4. The van der Waals surface area contributed by atoms with Crippen LogP contribution < -0.4 is 14.6 Å². The van der Waals surface area contributed by atoms with Crippen LogP contribution in [0, 0.1) is 0 Å². The van der Waals surface area contributed by atoms with Crippen LogP contribution in [-0.4, -0.2) is 47.4 Å². The lowest BCUT2D eigenvalue weighted by Crippen LogP contribution is -2.44. The quantitative estimate of drug-likeness (QED) is 0.101. The van der Waals surface area contributed by atoms with Crippen molar-refractivity contribution in [1.82, 2.24) is 4.98 Å². The molecule has 5 rings (SSSR count). The fraction of sp³-hybridized carbons (Fsp3) is 0.281. The van der Waals surface area contributed by atoms with E-state index in [0.29, 0.717) is 60.1 Å². The fourth-order valence-electron chi connectivity index (χ4n) is 5.08. The third kappa shape index (κ3) is 8.10. The van der Waals surface area contributed by atoms with E-state index in [2.05, 4.69) is 5.32 Å². The highest BCUT2D eigenvalue weighted by atomic mass is 35.5. The van der Waals surface area contributed by atoms with E-state index < -0.39 is 16.2 Å². The molecule has 0 radical (unpaired) electrons. The van der Waals surface area contributed by atoms with Crippen LogP contribution in [0.15, 0.2) is 79.0 Å². The number of fused-ring (bicyclic) bond motifs is 1. The molecule has 9 nitrogen and oxygen atoms in total. The van der Waals surface area contributed by atoms with E-state index >= 15 is 0 Å². The number of phenols is 1. The van der Waals surface area contributed by atoms with Crippen molar-refractivity contribution in [3.05, 3.63) is 101 Å². The van der Waals surface area contributed by atoms with Gasteiger partial charge >= 0.3 is 11.7 Å². The molecule has 0 fully saturated rings. The number of benzene rings is 3. The summed E-state index contributed by atoms with van der Waals surface area (Å²) in [5, 5.41) is 13.9. The zero-order chi connectivity index (χ0) is 30.4. The Bertz CT molecular complexity index is 1720. The molecule has 3 aromatic carbocycles. The highest BCUT2D eigenvalue weighted by Gasteiger charge is 2.41. The van der Waals surface area contributed by atoms with Gasteiger partial charge in [-0.3, -0.25) is 9.87 Å². The maximum atomic E-state index is 13.6. The molecule has 0 bridgehead atoms. The SMILES string of the molecule is O=C1C(Cc2ccc(OCCCCCCS(=O)(=O)O)c(Cl)c2)Nc2c(Cc3ccccc3)nc(-c3cccc(O)c3)c[n+]21. The molecule has 0 saturated heterocycles. The van der Waals surface area contributed by atoms with Crippen LogP contribution in [0.4, 0.5) is 5.82 Å². The summed E-state index contributed by atoms with van der Waals surface area (Å²) in [5.41, 5.74) is 3.95. The number of nitrogens with one attached hydrogen (secondary N) is 1. The van der Waals surface area contributed by atoms with Gasteiger partial charge in [0.25, 0.3) is 10.1 Å². The Morgan fingerprint density at radius 1 is 0.953 bits per heavy atom. The van der Waals surface area contributed by atoms with Crippen LogP contribution in [-0.2, 0) is 23.0 Å². The van der Waals surface area contributed by atoms with Gasteiger partial charge in [-0.1, -0.05) is 73.0 Å². The maximum absolute atomic E-state index is 13.6. The van der Waals surface area contributed by atoms with Crippen LogP contribution >= 0.6 is 11.6 Å². The van der Waals surface area contributed by atoms with E-state index in [0.717, 1.165) is 29.7 Å². The van der Waals surface area contributed by atoms with Crippen LogP contribution in [0.3, 0.4) is 0 Å². The van der Waals surface area contributed by atoms with Crippen LogP contribution in [0.2, 0.25) is 5.02 Å². The van der Waals surface area contributed by atoms with Crippen molar-refractivity contribution in [3.63, 3.8) is 0 Å². The van der Waals surface area contributed by atoms with Gasteiger partial charge in [0, 0.05) is 18.4 Å². The number of hydrogen-bond acceptors (Lipinski definition) is 7. The standard InChI is InChI=1S/C32H32ClN3O6S/c33-26-17-23(13-14-30(26)42-15-6-1-2-7-16-43(39,40)41)19-28-32(38)36-21-29(24-11-8-12-25(37)20-24)34-27(31(36)35-28)18-22-9-4-3-5-10-22/h3-5,8-14,17,20-21,28H,1-2,6-7,15-16,18-19H2,(H2,37,39,40,41)/p+1. The van der Waals surface area contributed by atoms with E-state index in [1.165, 1.54) is 0 Å². The third-order valence-electron chi connectivity index (χ3n) is 7.21. The third-order valence-corrected chi connectivity index (χ3v) is 8.31. The minimum atomic E-state index is -3.91. The lowest BCUT2D eigenvalue weighted by molar-refractivity contribution is -0.552. The molecule has 1 aliphatic heterocycles. The second kappa shape index (κ2) is 13.5. The summed E-state index contributed by atoms with van der Waals surface area (Å²) in [4.78, 5) is 18.5. The van der Waals surface area contributed by atoms with E-state index in [9.17, 15) is 18.3 Å². The van der Waals surface area contributed by atoms with Crippen molar-refractivity contribution in [3.8, 4) is 22.8 Å². The monoisotopic (exact) mass is 622 g/mol. The lowest BCUT2D eigenvalue weighted by atomic mass is 10.1. The largest absolute Gasteiger partial charge is 0.508 e. The smallest absolute Gasteiger partial charge is 0.359 e. The Balaban J connectivity index is 1.27. The molecule has 1 atom stereocenters. The molecule has 11 heteroatoms. The first kappa shape index (κ1) is 30.5. The number of hydrogen-bond donors (Lipinski definition) is 3. The number of aromatic hydroxyl groups is 1. The van der Waals surface area contributed by atoms with Gasteiger partial charge in [-0.2, -0.15) is 13.0 Å². The van der Waals surface area contributed by atoms with Gasteiger partial charge in [-0.05, 0) is 48.2 Å². The second-order valence-electron chi connectivity index (χ2n) is 10.6. The van der Waals surface area contributed by atoms with Gasteiger partial charge in [-0.25, -0.2) is 9.78 Å². The summed E-state index contributed by atoms with van der Waals surface area (Å²) >= 11 is 6.51. The molecule has 2 heterocycles. The van der Waals surface area contributed by atoms with Crippen LogP contribution in [0.1, 0.15) is 47.3 Å². The average molecular weight is 623 g/mol. The van der Waals surface area contributed by atoms with Gasteiger partial charge in [0.05, 0.1) is 17.4 Å². The number of carbonyl (C=O) groups is 1. The predicted octanol–water partition coefficient (Wildman–Crippen LogP) is 5.49. The maximum Gasteiger partial charge on any atom is 0.359 e. The summed E-state index contributed by atoms with van der Waals surface area (Å²) in [6, 6.07) is 21.7. The average Bonchev–Trinajstić information content (AvgIpc) is 3.28. The number of carbonyl (C=O) groups excluding carboxylic acids is 1. The highest BCUT2D eigenvalue weighted by molar-refractivity contribution is 7.85. The van der Waals surface area contributed by atoms with E-state index in [-0.39, 0.29) is 17.4 Å². The zero-order valence-corrected chi connectivity index (χ0v) is 25.0. The molecule has 224 valence electrons. The second-order valence-corrected chi connectivity index (χ2v) is 12.5. The lowest BCUT2D eigenvalue weighted by Gasteiger charge is -2.10. The molecule has 0 amide bonds. The van der Waals surface area contributed by atoms with Crippen molar-refractivity contribution < 1.29 is 32.2 Å². The molecule has 0 aliphatic carbocycles. The number of rotatable bonds is 13. The molecule has 3 N–H and O–H groups in total. The summed E-state index contributed by atoms with van der Waals surface area (Å²) in [6.07, 6.45) is 5.22. The number of ether oxygens (including phenoxy) is 1. The Labute approximate surface area is 255 Å². The van der Waals surface area contributed by atoms with Gasteiger partial charge in [0.1, 0.15) is 29.1 Å². The van der Waals surface area contributed by atoms with Crippen LogP contribution in [0.5, 0.6) is 11.5 Å². The first-order valence-electron chi connectivity index (χ1n) is 14.1. The van der Waals surface area contributed by atoms with Crippen molar-refractivity contribution in [2.24, 2.45) is 0 Å². The predicted molar refractivity (Wildman–Crippen MR) is 164 cm³/mol. The fourth-order valence-corrected chi connectivity index (χ4v) is 5.90. The number of unbranched alkanes of at least 4 members (excludes halogenated alkanes) is 3. The van der Waals surface area contributed by atoms with E-state index in [1.807, 2.05) is 42.5 Å².